The summed E-state index contributed by atoms with van der Waals surface area (Å²) in [6, 6.07) is 0. The molecular weight excluding hydrogens is 311 g/mol. The zero-order valence-electron chi connectivity index (χ0n) is 9.38. The molecule has 2 bridgehead atoms. The second kappa shape index (κ2) is 4.91. The van der Waals surface area contributed by atoms with Gasteiger partial charge < -0.3 is 4.90 Å². The average molecular weight is 322 g/mol. The van der Waals surface area contributed by atoms with Crippen molar-refractivity contribution in [3.05, 3.63) is 34.4 Å². The first kappa shape index (κ1) is 13.4. The fourth-order valence-electron chi connectivity index (χ4n) is 2.03. The third kappa shape index (κ3) is 2.85. The van der Waals surface area contributed by atoms with Gasteiger partial charge in [-0.1, -0.05) is 34.2 Å². The van der Waals surface area contributed by atoms with Crippen LogP contribution in [0.4, 0.5) is 13.2 Å². The monoisotopic (exact) mass is 321 g/mol. The normalized spacial score (nSPS) is 24.0. The van der Waals surface area contributed by atoms with Gasteiger partial charge in [-0.15, -0.1) is 0 Å². The minimum Gasteiger partial charge on any atom is -0.330 e. The maximum atomic E-state index is 12.4. The van der Waals surface area contributed by atoms with Crippen molar-refractivity contribution in [3.63, 3.8) is 0 Å². The van der Waals surface area contributed by atoms with Gasteiger partial charge in [-0.2, -0.15) is 13.2 Å². The Hall–Kier alpha value is -1.04. The van der Waals surface area contributed by atoms with Gasteiger partial charge in [0.2, 0.25) is 0 Å². The summed E-state index contributed by atoms with van der Waals surface area (Å²) in [7, 11) is 0. The van der Waals surface area contributed by atoms with Gasteiger partial charge in [-0.3, -0.25) is 4.79 Å². The molecule has 0 spiro atoms. The molecule has 1 aliphatic carbocycles. The lowest BCUT2D eigenvalue weighted by Gasteiger charge is -2.23. The van der Waals surface area contributed by atoms with Crippen LogP contribution in [0.2, 0.25) is 0 Å². The Morgan fingerprint density at radius 3 is 2.83 bits per heavy atom. The molecule has 0 saturated carbocycles. The van der Waals surface area contributed by atoms with Crippen LogP contribution in [-0.2, 0) is 4.79 Å². The van der Waals surface area contributed by atoms with Gasteiger partial charge in [0.15, 0.2) is 0 Å². The molecule has 1 atom stereocenters. The predicted octanol–water partition coefficient (Wildman–Crippen LogP) is 3.17. The Bertz CT molecular complexity index is 451. The Balaban J connectivity index is 2.21. The maximum Gasteiger partial charge on any atom is 0.471 e. The van der Waals surface area contributed by atoms with Crippen LogP contribution in [0.15, 0.2) is 34.4 Å². The standard InChI is InChI=1S/C12H11BrF3NO/c13-10-3-1-2-8-4-5-17(7-9(10)6-8)11(18)12(14,15)16/h1-3,6,8H,4-5,7H2. The molecule has 1 aliphatic heterocycles. The minimum atomic E-state index is -4.80. The summed E-state index contributed by atoms with van der Waals surface area (Å²) in [6.07, 6.45) is 3.20. The van der Waals surface area contributed by atoms with Crippen LogP contribution in [-0.4, -0.2) is 30.1 Å². The van der Waals surface area contributed by atoms with E-state index in [0.29, 0.717) is 6.42 Å². The fourth-order valence-corrected chi connectivity index (χ4v) is 2.44. The molecule has 2 aliphatic rings. The average Bonchev–Trinajstić information content (AvgIpc) is 2.58. The number of fused-ring (bicyclic) bond motifs is 1. The van der Waals surface area contributed by atoms with Crippen molar-refractivity contribution >= 4 is 21.8 Å². The molecule has 2 rings (SSSR count). The number of carbonyl (C=O) groups is 1. The van der Waals surface area contributed by atoms with Crippen LogP contribution >= 0.6 is 15.9 Å². The van der Waals surface area contributed by atoms with Gasteiger partial charge in [0.1, 0.15) is 0 Å². The summed E-state index contributed by atoms with van der Waals surface area (Å²) in [5.74, 6) is -1.68. The molecule has 0 saturated heterocycles. The second-order valence-electron chi connectivity index (χ2n) is 4.27. The first-order valence-corrected chi connectivity index (χ1v) is 6.28. The quantitative estimate of drug-likeness (QED) is 0.671. The molecule has 0 aromatic heterocycles. The smallest absolute Gasteiger partial charge is 0.330 e. The summed E-state index contributed by atoms with van der Waals surface area (Å²) < 4.78 is 38.0. The molecule has 18 heavy (non-hydrogen) atoms. The molecule has 2 nitrogen and oxygen atoms in total. The highest BCUT2D eigenvalue weighted by atomic mass is 79.9. The Morgan fingerprint density at radius 2 is 2.17 bits per heavy atom. The lowest BCUT2D eigenvalue weighted by Crippen LogP contribution is -2.42. The molecule has 0 radical (unpaired) electrons. The van der Waals surface area contributed by atoms with Gasteiger partial charge in [-0.25, -0.2) is 0 Å². The van der Waals surface area contributed by atoms with Crippen molar-refractivity contribution in [2.45, 2.75) is 12.6 Å². The molecule has 1 heterocycles. The van der Waals surface area contributed by atoms with Crippen molar-refractivity contribution in [2.75, 3.05) is 13.1 Å². The Morgan fingerprint density at radius 1 is 1.44 bits per heavy atom. The van der Waals surface area contributed by atoms with E-state index < -0.39 is 12.1 Å². The van der Waals surface area contributed by atoms with E-state index in [1.165, 1.54) is 0 Å². The largest absolute Gasteiger partial charge is 0.471 e. The zero-order chi connectivity index (χ0) is 13.3. The van der Waals surface area contributed by atoms with Crippen LogP contribution in [0.1, 0.15) is 6.42 Å². The van der Waals surface area contributed by atoms with E-state index >= 15 is 0 Å². The van der Waals surface area contributed by atoms with E-state index in [1.807, 2.05) is 18.2 Å². The van der Waals surface area contributed by atoms with Crippen molar-refractivity contribution < 1.29 is 18.0 Å². The molecule has 0 N–H and O–H groups in total. The Labute approximate surface area is 111 Å². The third-order valence-electron chi connectivity index (χ3n) is 2.95. The van der Waals surface area contributed by atoms with E-state index in [-0.39, 0.29) is 19.0 Å². The van der Waals surface area contributed by atoms with Crippen LogP contribution < -0.4 is 0 Å². The van der Waals surface area contributed by atoms with Crippen molar-refractivity contribution in [1.29, 1.82) is 0 Å². The first-order valence-electron chi connectivity index (χ1n) is 5.49. The molecule has 6 heteroatoms. The van der Waals surface area contributed by atoms with E-state index in [0.717, 1.165) is 15.0 Å². The van der Waals surface area contributed by atoms with Crippen molar-refractivity contribution in [1.82, 2.24) is 4.90 Å². The van der Waals surface area contributed by atoms with Crippen LogP contribution in [0.3, 0.4) is 0 Å². The first-order chi connectivity index (χ1) is 8.38. The SMILES string of the molecule is O=C(N1CCC2C=CC=C(Br)C(=C2)C1)C(F)(F)F. The van der Waals surface area contributed by atoms with Crippen molar-refractivity contribution in [2.24, 2.45) is 5.92 Å². The highest BCUT2D eigenvalue weighted by Gasteiger charge is 2.43. The van der Waals surface area contributed by atoms with E-state index in [1.54, 1.807) is 6.08 Å². The number of halogens is 4. The highest BCUT2D eigenvalue weighted by Crippen LogP contribution is 2.30. The van der Waals surface area contributed by atoms with Crippen LogP contribution in [0, 0.1) is 5.92 Å². The van der Waals surface area contributed by atoms with Crippen molar-refractivity contribution in [3.8, 4) is 0 Å². The number of alkyl halides is 3. The number of hydrogen-bond acceptors (Lipinski definition) is 1. The number of nitrogens with zero attached hydrogens (tertiary/aromatic N) is 1. The van der Waals surface area contributed by atoms with Crippen LogP contribution in [0.5, 0.6) is 0 Å². The fraction of sp³-hybridized carbons (Fsp3) is 0.417. The second-order valence-corrected chi connectivity index (χ2v) is 5.12. The highest BCUT2D eigenvalue weighted by molar-refractivity contribution is 9.12. The summed E-state index contributed by atoms with van der Waals surface area (Å²) >= 11 is 3.31. The van der Waals surface area contributed by atoms with Gasteiger partial charge in [-0.05, 0) is 24.0 Å². The maximum absolute atomic E-state index is 12.4. The number of allylic oxidation sites excluding steroid dienone is 4. The van der Waals surface area contributed by atoms with E-state index in [4.69, 9.17) is 0 Å². The molecule has 1 amide bonds. The summed E-state index contributed by atoms with van der Waals surface area (Å²) in [4.78, 5) is 12.1. The number of amides is 1. The van der Waals surface area contributed by atoms with Gasteiger partial charge in [0, 0.05) is 17.6 Å². The van der Waals surface area contributed by atoms with Crippen LogP contribution in [0.25, 0.3) is 0 Å². The summed E-state index contributed by atoms with van der Waals surface area (Å²) in [6.45, 7) is 0.112. The number of carbonyl (C=O) groups excluding carboxylic acids is 1. The molecule has 0 aromatic carbocycles. The molecule has 1 unspecified atom stereocenters. The number of hydrogen-bond donors (Lipinski definition) is 0. The van der Waals surface area contributed by atoms with Gasteiger partial charge in [0.05, 0.1) is 0 Å². The lowest BCUT2D eigenvalue weighted by molar-refractivity contribution is -0.185. The molecule has 98 valence electrons. The molecule has 0 aromatic rings. The van der Waals surface area contributed by atoms with Gasteiger partial charge >= 0.3 is 12.1 Å². The topological polar surface area (TPSA) is 20.3 Å². The molecule has 0 fully saturated rings. The minimum absolute atomic E-state index is 0.00634. The Kier molecular flexibility index (Phi) is 3.66. The molecular formula is C12H11BrF3NO. The summed E-state index contributed by atoms with van der Waals surface area (Å²) in [5, 5.41) is 0. The lowest BCUT2D eigenvalue weighted by atomic mass is 10.0. The van der Waals surface area contributed by atoms with E-state index in [9.17, 15) is 18.0 Å². The summed E-state index contributed by atoms with van der Waals surface area (Å²) in [5.41, 5.74) is 0.722. The predicted molar refractivity (Wildman–Crippen MR) is 65.0 cm³/mol. The third-order valence-corrected chi connectivity index (χ3v) is 3.72. The zero-order valence-corrected chi connectivity index (χ0v) is 11.0. The van der Waals surface area contributed by atoms with Gasteiger partial charge in [0.25, 0.3) is 0 Å². The van der Waals surface area contributed by atoms with E-state index in [2.05, 4.69) is 15.9 Å². The number of rotatable bonds is 0.